The van der Waals surface area contributed by atoms with Crippen LogP contribution in [0.4, 0.5) is 0 Å². The lowest BCUT2D eigenvalue weighted by atomic mass is 9.91. The molecular weight excluding hydrogens is 272 g/mol. The fourth-order valence-corrected chi connectivity index (χ4v) is 2.55. The Hall–Kier alpha value is -2.08. The second-order valence-corrected chi connectivity index (χ2v) is 5.41. The number of amides is 2. The summed E-state index contributed by atoms with van der Waals surface area (Å²) in [6.45, 7) is 2.31. The number of aryl methyl sites for hydroxylation is 1. The van der Waals surface area contributed by atoms with Gasteiger partial charge in [-0.25, -0.2) is 0 Å². The van der Waals surface area contributed by atoms with E-state index in [9.17, 15) is 14.7 Å². The normalized spacial score (nSPS) is 22.0. The SMILES string of the molecule is COc1cc(C(=O)N2CCCC(O)(C(N)=O)C2)ccc1C. The first-order valence-electron chi connectivity index (χ1n) is 6.83. The lowest BCUT2D eigenvalue weighted by molar-refractivity contribution is -0.140. The molecule has 21 heavy (non-hydrogen) atoms. The zero-order valence-corrected chi connectivity index (χ0v) is 12.3. The van der Waals surface area contributed by atoms with Crippen molar-refractivity contribution in [2.24, 2.45) is 5.73 Å². The highest BCUT2D eigenvalue weighted by Crippen LogP contribution is 2.24. The fourth-order valence-electron chi connectivity index (χ4n) is 2.55. The number of ether oxygens (including phenoxy) is 1. The van der Waals surface area contributed by atoms with Crippen LogP contribution in [0, 0.1) is 6.92 Å². The summed E-state index contributed by atoms with van der Waals surface area (Å²) in [4.78, 5) is 25.3. The summed E-state index contributed by atoms with van der Waals surface area (Å²) in [5.41, 5.74) is 4.98. The van der Waals surface area contributed by atoms with E-state index in [0.717, 1.165) is 5.56 Å². The predicted molar refractivity (Wildman–Crippen MR) is 77.0 cm³/mol. The number of piperidine rings is 1. The number of likely N-dealkylation sites (tertiary alicyclic amines) is 1. The van der Waals surface area contributed by atoms with Crippen molar-refractivity contribution in [3.8, 4) is 5.75 Å². The van der Waals surface area contributed by atoms with E-state index >= 15 is 0 Å². The van der Waals surface area contributed by atoms with Gasteiger partial charge in [-0.2, -0.15) is 0 Å². The van der Waals surface area contributed by atoms with E-state index in [-0.39, 0.29) is 18.9 Å². The molecule has 0 aliphatic carbocycles. The number of β-amino-alcohol motifs (C(OH)–C–C–N with tert-alkyl or cyclic N) is 1. The van der Waals surface area contributed by atoms with Crippen LogP contribution in [0.5, 0.6) is 5.75 Å². The minimum Gasteiger partial charge on any atom is -0.496 e. The first kappa shape index (κ1) is 15.3. The maximum atomic E-state index is 12.5. The predicted octanol–water partition coefficient (Wildman–Crippen LogP) is 0.456. The van der Waals surface area contributed by atoms with Crippen molar-refractivity contribution in [2.45, 2.75) is 25.4 Å². The average molecular weight is 292 g/mol. The van der Waals surface area contributed by atoms with Gasteiger partial charge in [-0.05, 0) is 37.5 Å². The maximum absolute atomic E-state index is 12.5. The quantitative estimate of drug-likeness (QED) is 0.846. The summed E-state index contributed by atoms with van der Waals surface area (Å²) in [5, 5.41) is 10.2. The van der Waals surface area contributed by atoms with Gasteiger partial charge >= 0.3 is 0 Å². The number of primary amides is 1. The zero-order valence-electron chi connectivity index (χ0n) is 12.3. The van der Waals surface area contributed by atoms with Crippen molar-refractivity contribution < 1.29 is 19.4 Å². The number of carbonyl (C=O) groups excluding carboxylic acids is 2. The summed E-state index contributed by atoms with van der Waals surface area (Å²) in [5.74, 6) is -0.405. The molecule has 1 aromatic carbocycles. The van der Waals surface area contributed by atoms with E-state index in [4.69, 9.17) is 10.5 Å². The number of nitrogens with zero attached hydrogens (tertiary/aromatic N) is 1. The van der Waals surface area contributed by atoms with Crippen LogP contribution in [0.1, 0.15) is 28.8 Å². The zero-order chi connectivity index (χ0) is 15.6. The van der Waals surface area contributed by atoms with Crippen LogP contribution < -0.4 is 10.5 Å². The highest BCUT2D eigenvalue weighted by Gasteiger charge is 2.40. The molecule has 2 amide bonds. The lowest BCUT2D eigenvalue weighted by Crippen LogP contribution is -2.57. The van der Waals surface area contributed by atoms with E-state index in [1.165, 1.54) is 4.90 Å². The van der Waals surface area contributed by atoms with Crippen molar-refractivity contribution >= 4 is 11.8 Å². The molecule has 1 fully saturated rings. The minimum atomic E-state index is -1.64. The van der Waals surface area contributed by atoms with E-state index in [2.05, 4.69) is 0 Å². The molecule has 0 radical (unpaired) electrons. The van der Waals surface area contributed by atoms with Crippen LogP contribution >= 0.6 is 0 Å². The van der Waals surface area contributed by atoms with Gasteiger partial charge in [0.25, 0.3) is 11.8 Å². The summed E-state index contributed by atoms with van der Waals surface area (Å²) in [6, 6.07) is 5.17. The van der Waals surface area contributed by atoms with Crippen LogP contribution in [-0.4, -0.2) is 47.6 Å². The van der Waals surface area contributed by atoms with Gasteiger partial charge in [0.1, 0.15) is 5.75 Å². The Morgan fingerprint density at radius 2 is 2.14 bits per heavy atom. The smallest absolute Gasteiger partial charge is 0.254 e. The Morgan fingerprint density at radius 3 is 2.76 bits per heavy atom. The third-order valence-electron chi connectivity index (χ3n) is 3.87. The Labute approximate surface area is 123 Å². The van der Waals surface area contributed by atoms with Gasteiger partial charge in [0, 0.05) is 12.1 Å². The molecule has 6 heteroatoms. The van der Waals surface area contributed by atoms with Crippen molar-refractivity contribution in [1.29, 1.82) is 0 Å². The van der Waals surface area contributed by atoms with E-state index in [1.54, 1.807) is 25.3 Å². The molecule has 0 bridgehead atoms. The highest BCUT2D eigenvalue weighted by atomic mass is 16.5. The van der Waals surface area contributed by atoms with E-state index in [0.29, 0.717) is 24.3 Å². The van der Waals surface area contributed by atoms with Gasteiger partial charge in [-0.3, -0.25) is 9.59 Å². The third kappa shape index (κ3) is 3.00. The molecular formula is C15H20N2O4. The van der Waals surface area contributed by atoms with Gasteiger partial charge < -0.3 is 20.5 Å². The molecule has 1 saturated heterocycles. The second kappa shape index (κ2) is 5.73. The molecule has 0 spiro atoms. The van der Waals surface area contributed by atoms with E-state index < -0.39 is 11.5 Å². The van der Waals surface area contributed by atoms with Crippen molar-refractivity contribution in [3.05, 3.63) is 29.3 Å². The molecule has 1 unspecified atom stereocenters. The topological polar surface area (TPSA) is 92.9 Å². The van der Waals surface area contributed by atoms with Crippen molar-refractivity contribution in [1.82, 2.24) is 4.90 Å². The molecule has 1 heterocycles. The molecule has 1 atom stereocenters. The highest BCUT2D eigenvalue weighted by molar-refractivity contribution is 5.95. The van der Waals surface area contributed by atoms with E-state index in [1.807, 2.05) is 6.92 Å². The summed E-state index contributed by atoms with van der Waals surface area (Å²) < 4.78 is 5.21. The summed E-state index contributed by atoms with van der Waals surface area (Å²) in [6.07, 6.45) is 0.817. The second-order valence-electron chi connectivity index (χ2n) is 5.41. The standard InChI is InChI=1S/C15H20N2O4/c1-10-4-5-11(8-12(10)21-2)13(18)17-7-3-6-15(20,9-17)14(16)19/h4-5,8,20H,3,6-7,9H2,1-2H3,(H2,16,19). The number of methoxy groups -OCH3 is 1. The van der Waals surface area contributed by atoms with Crippen LogP contribution in [0.2, 0.25) is 0 Å². The number of rotatable bonds is 3. The van der Waals surface area contributed by atoms with Gasteiger partial charge in [0.2, 0.25) is 0 Å². The van der Waals surface area contributed by atoms with Gasteiger partial charge in [0.05, 0.1) is 13.7 Å². The Kier molecular flexibility index (Phi) is 4.18. The maximum Gasteiger partial charge on any atom is 0.254 e. The molecule has 2 rings (SSSR count). The number of hydrogen-bond acceptors (Lipinski definition) is 4. The Morgan fingerprint density at radius 1 is 1.43 bits per heavy atom. The summed E-state index contributed by atoms with van der Waals surface area (Å²) >= 11 is 0. The summed E-state index contributed by atoms with van der Waals surface area (Å²) in [7, 11) is 1.54. The number of hydrogen-bond donors (Lipinski definition) is 2. The van der Waals surface area contributed by atoms with Crippen LogP contribution in [0.3, 0.4) is 0 Å². The van der Waals surface area contributed by atoms with Crippen LogP contribution in [0.25, 0.3) is 0 Å². The minimum absolute atomic E-state index is 0.0721. The number of aliphatic hydroxyl groups is 1. The molecule has 0 aromatic heterocycles. The largest absolute Gasteiger partial charge is 0.496 e. The molecule has 3 N–H and O–H groups in total. The van der Waals surface area contributed by atoms with Gasteiger partial charge in [-0.1, -0.05) is 6.07 Å². The number of carbonyl (C=O) groups is 2. The van der Waals surface area contributed by atoms with Crippen molar-refractivity contribution in [2.75, 3.05) is 20.2 Å². The average Bonchev–Trinajstić information content (AvgIpc) is 2.47. The molecule has 1 aliphatic rings. The van der Waals surface area contributed by atoms with Gasteiger partial charge in [0.15, 0.2) is 5.60 Å². The fraction of sp³-hybridized carbons (Fsp3) is 0.467. The van der Waals surface area contributed by atoms with Crippen LogP contribution in [0.15, 0.2) is 18.2 Å². The third-order valence-corrected chi connectivity index (χ3v) is 3.87. The Balaban J connectivity index is 2.22. The molecule has 0 saturated carbocycles. The number of benzene rings is 1. The van der Waals surface area contributed by atoms with Gasteiger partial charge in [-0.15, -0.1) is 0 Å². The van der Waals surface area contributed by atoms with Crippen molar-refractivity contribution in [3.63, 3.8) is 0 Å². The molecule has 6 nitrogen and oxygen atoms in total. The molecule has 114 valence electrons. The first-order chi connectivity index (χ1) is 9.87. The van der Waals surface area contributed by atoms with Crippen LogP contribution in [-0.2, 0) is 4.79 Å². The Bertz CT molecular complexity index is 573. The molecule has 1 aliphatic heterocycles. The first-order valence-corrected chi connectivity index (χ1v) is 6.83. The lowest BCUT2D eigenvalue weighted by Gasteiger charge is -2.37. The molecule has 1 aromatic rings. The monoisotopic (exact) mass is 292 g/mol. The number of nitrogens with two attached hydrogens (primary N) is 1.